The van der Waals surface area contributed by atoms with Crippen molar-refractivity contribution in [2.24, 2.45) is 9.98 Å². The number of benzene rings is 6. The molecule has 0 saturated heterocycles. The lowest BCUT2D eigenvalue weighted by atomic mass is 10.0. The Balaban J connectivity index is 0.933. The zero-order valence-corrected chi connectivity index (χ0v) is 32.3. The molecule has 0 atom stereocenters. The molecule has 8 nitrogen and oxygen atoms in total. The Labute approximate surface area is 334 Å². The zero-order valence-electron chi connectivity index (χ0n) is 32.3. The molecule has 6 aromatic rings. The maximum absolute atomic E-state index is 12.8. The van der Waals surface area contributed by atoms with Crippen LogP contribution in [0.2, 0.25) is 0 Å². The first-order valence-corrected chi connectivity index (χ1v) is 19.3. The molecule has 0 saturated carbocycles. The summed E-state index contributed by atoms with van der Waals surface area (Å²) in [5.41, 5.74) is 6.30. The average Bonchev–Trinajstić information content (AvgIpc) is 3.25. The van der Waals surface area contributed by atoms with Crippen LogP contribution in [0.1, 0.15) is 82.5 Å². The number of nitrogens with zero attached hydrogens (tertiary/aromatic N) is 2. The van der Waals surface area contributed by atoms with E-state index in [1.54, 1.807) is 85.2 Å². The fourth-order valence-electron chi connectivity index (χ4n) is 5.55. The van der Waals surface area contributed by atoms with Gasteiger partial charge in [-0.3, -0.25) is 9.98 Å². The second-order valence-electron chi connectivity index (χ2n) is 13.4. The van der Waals surface area contributed by atoms with Crippen molar-refractivity contribution >= 4 is 35.7 Å². The molecule has 0 aliphatic heterocycles. The predicted molar refractivity (Wildman–Crippen MR) is 227 cm³/mol. The predicted octanol–water partition coefficient (Wildman–Crippen LogP) is 11.6. The Morgan fingerprint density at radius 2 is 0.807 bits per heavy atom. The molecule has 0 N–H and O–H groups in total. The number of unbranched alkanes of at least 4 members (excludes halogenated alkanes) is 2. The molecule has 0 aliphatic rings. The third-order valence-electron chi connectivity index (χ3n) is 8.90. The third kappa shape index (κ3) is 12.6. The summed E-state index contributed by atoms with van der Waals surface area (Å²) < 4.78 is 22.7. The van der Waals surface area contributed by atoms with Gasteiger partial charge in [-0.2, -0.15) is 0 Å². The summed E-state index contributed by atoms with van der Waals surface area (Å²) >= 11 is 0. The Kier molecular flexibility index (Phi) is 14.5. The topological polar surface area (TPSA) is 95.8 Å². The minimum Gasteiger partial charge on any atom is -0.494 e. The standard InChI is InChI=1S/C49H46N2O6/c1-3-5-31-54-44-23-11-38(12-24-44)34-50-42-19-15-40(16-20-42)48(52)56-46-27-7-36(8-28-46)33-37-9-29-47(30-10-37)57-49(53)41-17-21-43(22-18-41)51-35-39-13-25-45(26-14-39)55-32-6-4-2/h7-30,34-35H,3-6,31-33H2,1-2H3. The van der Waals surface area contributed by atoms with Gasteiger partial charge in [0.05, 0.1) is 35.7 Å². The van der Waals surface area contributed by atoms with E-state index in [1.165, 1.54) is 0 Å². The molecule has 0 aliphatic carbocycles. The quantitative estimate of drug-likeness (QED) is 0.0375. The van der Waals surface area contributed by atoms with Gasteiger partial charge in [0.2, 0.25) is 0 Å². The van der Waals surface area contributed by atoms with Gasteiger partial charge >= 0.3 is 11.9 Å². The SMILES string of the molecule is CCCCOc1ccc(C=Nc2ccc(C(=O)Oc3ccc(Cc4ccc(OC(=O)c5ccc(N=Cc6ccc(OCCCC)cc6)cc5)cc4)cc3)cc2)cc1. The molecule has 0 radical (unpaired) electrons. The van der Waals surface area contributed by atoms with E-state index in [4.69, 9.17) is 18.9 Å². The molecule has 6 aromatic carbocycles. The number of rotatable bonds is 18. The highest BCUT2D eigenvalue weighted by atomic mass is 16.5. The van der Waals surface area contributed by atoms with Crippen molar-refractivity contribution in [2.75, 3.05) is 13.2 Å². The molecule has 0 fully saturated rings. The molecule has 0 bridgehead atoms. The molecule has 8 heteroatoms. The van der Waals surface area contributed by atoms with Gasteiger partial charge in [0.15, 0.2) is 0 Å². The van der Waals surface area contributed by atoms with Crippen LogP contribution in [-0.2, 0) is 6.42 Å². The second kappa shape index (κ2) is 20.8. The van der Waals surface area contributed by atoms with Crippen LogP contribution >= 0.6 is 0 Å². The molecular formula is C49H46N2O6. The van der Waals surface area contributed by atoms with Crippen LogP contribution in [0.15, 0.2) is 156 Å². The number of carbonyl (C=O) groups excluding carboxylic acids is 2. The summed E-state index contributed by atoms with van der Waals surface area (Å²) in [6.45, 7) is 5.70. The first kappa shape index (κ1) is 39.9. The number of ether oxygens (including phenoxy) is 4. The number of aliphatic imine (C=N–C) groups is 2. The lowest BCUT2D eigenvalue weighted by Crippen LogP contribution is -2.08. The Bertz CT molecular complexity index is 2070. The average molecular weight is 759 g/mol. The number of hydrogen-bond acceptors (Lipinski definition) is 8. The highest BCUT2D eigenvalue weighted by molar-refractivity contribution is 5.92. The van der Waals surface area contributed by atoms with Crippen LogP contribution in [-0.4, -0.2) is 37.6 Å². The molecule has 0 aromatic heterocycles. The normalized spacial score (nSPS) is 11.1. The fraction of sp³-hybridized carbons (Fsp3) is 0.184. The van der Waals surface area contributed by atoms with Gasteiger partial charge in [-0.25, -0.2) is 9.59 Å². The summed E-state index contributed by atoms with van der Waals surface area (Å²) in [7, 11) is 0. The van der Waals surface area contributed by atoms with Gasteiger partial charge < -0.3 is 18.9 Å². The molecule has 0 spiro atoms. The summed E-state index contributed by atoms with van der Waals surface area (Å²) in [6.07, 6.45) is 8.46. The molecule has 0 unspecified atom stereocenters. The maximum atomic E-state index is 12.8. The van der Waals surface area contributed by atoms with Crippen molar-refractivity contribution in [3.05, 3.63) is 179 Å². The van der Waals surface area contributed by atoms with Crippen LogP contribution in [0.25, 0.3) is 0 Å². The van der Waals surface area contributed by atoms with Crippen molar-refractivity contribution in [1.82, 2.24) is 0 Å². The number of hydrogen-bond donors (Lipinski definition) is 0. The molecule has 0 amide bonds. The van der Waals surface area contributed by atoms with Crippen LogP contribution in [0.3, 0.4) is 0 Å². The van der Waals surface area contributed by atoms with Crippen LogP contribution < -0.4 is 18.9 Å². The third-order valence-corrected chi connectivity index (χ3v) is 8.90. The van der Waals surface area contributed by atoms with Crippen molar-refractivity contribution < 1.29 is 28.5 Å². The van der Waals surface area contributed by atoms with Gasteiger partial charge in [-0.1, -0.05) is 51.0 Å². The first-order valence-electron chi connectivity index (χ1n) is 19.3. The Hall–Kier alpha value is -6.80. The molecule has 57 heavy (non-hydrogen) atoms. The van der Waals surface area contributed by atoms with E-state index < -0.39 is 11.9 Å². The van der Waals surface area contributed by atoms with Crippen molar-refractivity contribution in [1.29, 1.82) is 0 Å². The summed E-state index contributed by atoms with van der Waals surface area (Å²) in [4.78, 5) is 34.7. The van der Waals surface area contributed by atoms with E-state index in [2.05, 4.69) is 23.8 Å². The highest BCUT2D eigenvalue weighted by Crippen LogP contribution is 2.22. The van der Waals surface area contributed by atoms with Gasteiger partial charge in [-0.05, 0) is 163 Å². The van der Waals surface area contributed by atoms with E-state index in [1.807, 2.05) is 72.8 Å². The first-order chi connectivity index (χ1) is 27.9. The van der Waals surface area contributed by atoms with Gasteiger partial charge in [0, 0.05) is 12.4 Å². The van der Waals surface area contributed by atoms with E-state index in [0.717, 1.165) is 70.8 Å². The minimum absolute atomic E-state index is 0.431. The fourth-order valence-corrected chi connectivity index (χ4v) is 5.55. The minimum atomic E-state index is -0.447. The van der Waals surface area contributed by atoms with Gasteiger partial charge in [0.1, 0.15) is 23.0 Å². The summed E-state index contributed by atoms with van der Waals surface area (Å²) in [6, 6.07) is 44.3. The number of carbonyl (C=O) groups is 2. The molecule has 6 rings (SSSR count). The summed E-state index contributed by atoms with van der Waals surface area (Å²) in [5, 5.41) is 0. The Morgan fingerprint density at radius 3 is 1.16 bits per heavy atom. The van der Waals surface area contributed by atoms with Crippen molar-refractivity contribution in [3.63, 3.8) is 0 Å². The lowest BCUT2D eigenvalue weighted by molar-refractivity contribution is 0.0725. The zero-order chi connectivity index (χ0) is 39.7. The van der Waals surface area contributed by atoms with Crippen LogP contribution in [0.5, 0.6) is 23.0 Å². The monoisotopic (exact) mass is 758 g/mol. The van der Waals surface area contributed by atoms with E-state index in [9.17, 15) is 9.59 Å². The van der Waals surface area contributed by atoms with Crippen molar-refractivity contribution in [2.45, 2.75) is 46.0 Å². The number of esters is 2. The lowest BCUT2D eigenvalue weighted by Gasteiger charge is -2.08. The molecular weight excluding hydrogens is 713 g/mol. The second-order valence-corrected chi connectivity index (χ2v) is 13.4. The van der Waals surface area contributed by atoms with Gasteiger partial charge in [-0.15, -0.1) is 0 Å². The van der Waals surface area contributed by atoms with E-state index in [-0.39, 0.29) is 0 Å². The smallest absolute Gasteiger partial charge is 0.343 e. The largest absolute Gasteiger partial charge is 0.494 e. The Morgan fingerprint density at radius 1 is 0.456 bits per heavy atom. The van der Waals surface area contributed by atoms with Crippen LogP contribution in [0, 0.1) is 0 Å². The highest BCUT2D eigenvalue weighted by Gasteiger charge is 2.11. The van der Waals surface area contributed by atoms with E-state index >= 15 is 0 Å². The van der Waals surface area contributed by atoms with Crippen LogP contribution in [0.4, 0.5) is 11.4 Å². The maximum Gasteiger partial charge on any atom is 0.343 e. The summed E-state index contributed by atoms with van der Waals surface area (Å²) in [5.74, 6) is 1.70. The van der Waals surface area contributed by atoms with Crippen molar-refractivity contribution in [3.8, 4) is 23.0 Å². The van der Waals surface area contributed by atoms with E-state index in [0.29, 0.717) is 42.3 Å². The molecule has 288 valence electrons. The van der Waals surface area contributed by atoms with Gasteiger partial charge in [0.25, 0.3) is 0 Å². The molecule has 0 heterocycles.